The summed E-state index contributed by atoms with van der Waals surface area (Å²) in [7, 11) is 2.13. The van der Waals surface area contributed by atoms with E-state index < -0.39 is 0 Å². The first-order chi connectivity index (χ1) is 7.78. The summed E-state index contributed by atoms with van der Waals surface area (Å²) in [6.45, 7) is 6.78. The number of thiophene rings is 1. The van der Waals surface area contributed by atoms with Crippen LogP contribution in [0, 0.1) is 0 Å². The molecule has 0 spiro atoms. The monoisotopic (exact) mass is 236 g/mol. The van der Waals surface area contributed by atoms with Gasteiger partial charge < -0.3 is 5.32 Å². The van der Waals surface area contributed by atoms with E-state index in [9.17, 15) is 0 Å². The molecule has 2 rings (SSSR count). The Balaban J connectivity index is 1.78. The number of nitrogens with zero attached hydrogens (tertiary/aromatic N) is 1. The Bertz CT molecular complexity index is 341. The van der Waals surface area contributed by atoms with E-state index in [2.05, 4.69) is 36.0 Å². The third kappa shape index (κ3) is 3.74. The van der Waals surface area contributed by atoms with Crippen molar-refractivity contribution in [3.8, 4) is 0 Å². The van der Waals surface area contributed by atoms with Crippen molar-refractivity contribution in [1.82, 2.24) is 10.2 Å². The maximum absolute atomic E-state index is 3.76. The molecule has 1 fully saturated rings. The molecule has 1 aliphatic carbocycles. The van der Waals surface area contributed by atoms with E-state index in [1.54, 1.807) is 0 Å². The lowest BCUT2D eigenvalue weighted by atomic mass is 10.4. The summed E-state index contributed by atoms with van der Waals surface area (Å²) in [5.74, 6) is 0. The summed E-state index contributed by atoms with van der Waals surface area (Å²) in [6, 6.07) is 5.29. The number of hydrogen-bond acceptors (Lipinski definition) is 3. The van der Waals surface area contributed by atoms with Gasteiger partial charge in [-0.3, -0.25) is 4.90 Å². The minimum absolute atomic E-state index is 0.800. The molecule has 3 heteroatoms. The third-order valence-electron chi connectivity index (χ3n) is 2.73. The van der Waals surface area contributed by atoms with Gasteiger partial charge in [-0.1, -0.05) is 6.08 Å². The van der Waals surface area contributed by atoms with Crippen LogP contribution in [0.1, 0.15) is 22.6 Å². The standard InChI is InChI=1S/C13H20N2S/c1-3-8-15(2)10-13-7-6-12(16-13)9-14-11-4-5-11/h3,6-7,11,14H,1,4-5,8-10H2,2H3. The predicted molar refractivity (Wildman–Crippen MR) is 70.7 cm³/mol. The van der Waals surface area contributed by atoms with Gasteiger partial charge in [-0.15, -0.1) is 17.9 Å². The average molecular weight is 236 g/mol. The summed E-state index contributed by atoms with van der Waals surface area (Å²) in [5, 5.41) is 3.55. The summed E-state index contributed by atoms with van der Waals surface area (Å²) >= 11 is 1.92. The molecular formula is C13H20N2S. The first-order valence-electron chi connectivity index (χ1n) is 5.88. The molecule has 2 nitrogen and oxygen atoms in total. The fourth-order valence-corrected chi connectivity index (χ4v) is 2.74. The SMILES string of the molecule is C=CCN(C)Cc1ccc(CNC2CC2)s1. The highest BCUT2D eigenvalue weighted by Crippen LogP contribution is 2.22. The summed E-state index contributed by atoms with van der Waals surface area (Å²) in [6.07, 6.45) is 4.67. The Hall–Kier alpha value is -0.640. The number of hydrogen-bond donors (Lipinski definition) is 1. The number of nitrogens with one attached hydrogen (secondary N) is 1. The predicted octanol–water partition coefficient (Wildman–Crippen LogP) is 2.62. The highest BCUT2D eigenvalue weighted by Gasteiger charge is 2.20. The zero-order valence-corrected chi connectivity index (χ0v) is 10.7. The average Bonchev–Trinajstić information content (AvgIpc) is 2.98. The van der Waals surface area contributed by atoms with Crippen LogP contribution >= 0.6 is 11.3 Å². The molecule has 0 aromatic carbocycles. The van der Waals surface area contributed by atoms with Gasteiger partial charge in [-0.05, 0) is 32.0 Å². The van der Waals surface area contributed by atoms with E-state index in [1.807, 2.05) is 17.4 Å². The van der Waals surface area contributed by atoms with Crippen molar-refractivity contribution in [3.05, 3.63) is 34.5 Å². The fraction of sp³-hybridized carbons (Fsp3) is 0.538. The maximum Gasteiger partial charge on any atom is 0.0328 e. The molecular weight excluding hydrogens is 216 g/mol. The first kappa shape index (κ1) is 11.8. The van der Waals surface area contributed by atoms with E-state index in [4.69, 9.17) is 0 Å². The van der Waals surface area contributed by atoms with Gasteiger partial charge in [-0.25, -0.2) is 0 Å². The summed E-state index contributed by atoms with van der Waals surface area (Å²) in [4.78, 5) is 5.17. The minimum atomic E-state index is 0.800. The van der Waals surface area contributed by atoms with Gasteiger partial charge in [0.1, 0.15) is 0 Å². The maximum atomic E-state index is 3.76. The molecule has 1 aromatic heterocycles. The van der Waals surface area contributed by atoms with Crippen molar-refractivity contribution in [3.63, 3.8) is 0 Å². The van der Waals surface area contributed by atoms with E-state index in [0.717, 1.165) is 25.7 Å². The van der Waals surface area contributed by atoms with Crippen LogP contribution in [0.4, 0.5) is 0 Å². The third-order valence-corrected chi connectivity index (χ3v) is 3.80. The van der Waals surface area contributed by atoms with Crippen LogP contribution in [0.2, 0.25) is 0 Å². The number of likely N-dealkylation sites (N-methyl/N-ethyl adjacent to an activating group) is 1. The molecule has 1 aliphatic rings. The molecule has 0 saturated heterocycles. The second-order valence-corrected chi connectivity index (χ2v) is 5.76. The van der Waals surface area contributed by atoms with Gasteiger partial charge >= 0.3 is 0 Å². The van der Waals surface area contributed by atoms with Gasteiger partial charge in [0.15, 0.2) is 0 Å². The lowest BCUT2D eigenvalue weighted by Gasteiger charge is -2.12. The molecule has 0 radical (unpaired) electrons. The normalized spacial score (nSPS) is 15.6. The van der Waals surface area contributed by atoms with E-state index in [-0.39, 0.29) is 0 Å². The highest BCUT2D eigenvalue weighted by atomic mass is 32.1. The molecule has 1 saturated carbocycles. The highest BCUT2D eigenvalue weighted by molar-refractivity contribution is 7.11. The topological polar surface area (TPSA) is 15.3 Å². The van der Waals surface area contributed by atoms with E-state index >= 15 is 0 Å². The molecule has 0 unspecified atom stereocenters. The van der Waals surface area contributed by atoms with Gasteiger partial charge in [-0.2, -0.15) is 0 Å². The van der Waals surface area contributed by atoms with Crippen molar-refractivity contribution in [2.45, 2.75) is 32.0 Å². The Kier molecular flexibility index (Phi) is 4.16. The van der Waals surface area contributed by atoms with Crippen LogP contribution in [0.5, 0.6) is 0 Å². The Morgan fingerprint density at radius 1 is 1.50 bits per heavy atom. The second kappa shape index (κ2) is 5.62. The van der Waals surface area contributed by atoms with Gasteiger partial charge in [0.25, 0.3) is 0 Å². The minimum Gasteiger partial charge on any atom is -0.309 e. The molecule has 0 amide bonds. The first-order valence-corrected chi connectivity index (χ1v) is 6.70. The van der Waals surface area contributed by atoms with Crippen LogP contribution in [0.25, 0.3) is 0 Å². The second-order valence-electron chi connectivity index (χ2n) is 4.51. The fourth-order valence-electron chi connectivity index (χ4n) is 1.69. The lowest BCUT2D eigenvalue weighted by Crippen LogP contribution is -2.16. The molecule has 0 bridgehead atoms. The van der Waals surface area contributed by atoms with Gasteiger partial charge in [0.2, 0.25) is 0 Å². The quantitative estimate of drug-likeness (QED) is 0.732. The Morgan fingerprint density at radius 3 is 2.94 bits per heavy atom. The van der Waals surface area contributed by atoms with E-state index in [1.165, 1.54) is 22.6 Å². The van der Waals surface area contributed by atoms with Crippen LogP contribution < -0.4 is 5.32 Å². The molecule has 1 heterocycles. The zero-order valence-electron chi connectivity index (χ0n) is 9.91. The largest absolute Gasteiger partial charge is 0.309 e. The van der Waals surface area contributed by atoms with Crippen molar-refractivity contribution in [2.24, 2.45) is 0 Å². The number of rotatable bonds is 7. The van der Waals surface area contributed by atoms with Crippen molar-refractivity contribution < 1.29 is 0 Å². The molecule has 88 valence electrons. The van der Waals surface area contributed by atoms with Crippen molar-refractivity contribution in [2.75, 3.05) is 13.6 Å². The lowest BCUT2D eigenvalue weighted by molar-refractivity contribution is 0.367. The zero-order chi connectivity index (χ0) is 11.4. The molecule has 0 atom stereocenters. The van der Waals surface area contributed by atoms with Crippen molar-refractivity contribution in [1.29, 1.82) is 0 Å². The Labute approximate surface area is 102 Å². The van der Waals surface area contributed by atoms with E-state index in [0.29, 0.717) is 0 Å². The van der Waals surface area contributed by atoms with Gasteiger partial charge in [0.05, 0.1) is 0 Å². The molecule has 1 aromatic rings. The van der Waals surface area contributed by atoms with Crippen LogP contribution in [0.15, 0.2) is 24.8 Å². The molecule has 0 aliphatic heterocycles. The van der Waals surface area contributed by atoms with Crippen LogP contribution in [0.3, 0.4) is 0 Å². The molecule has 16 heavy (non-hydrogen) atoms. The van der Waals surface area contributed by atoms with Gasteiger partial charge in [0, 0.05) is 35.4 Å². The van der Waals surface area contributed by atoms with Crippen LogP contribution in [-0.4, -0.2) is 24.5 Å². The molecule has 1 N–H and O–H groups in total. The Morgan fingerprint density at radius 2 is 2.25 bits per heavy atom. The van der Waals surface area contributed by atoms with Crippen LogP contribution in [-0.2, 0) is 13.1 Å². The smallest absolute Gasteiger partial charge is 0.0328 e. The van der Waals surface area contributed by atoms with Crippen molar-refractivity contribution >= 4 is 11.3 Å². The summed E-state index contributed by atoms with van der Waals surface area (Å²) in [5.41, 5.74) is 0. The summed E-state index contributed by atoms with van der Waals surface area (Å²) < 4.78 is 0.